The maximum atomic E-state index is 14.3. The lowest BCUT2D eigenvalue weighted by Gasteiger charge is -2.37. The smallest absolute Gasteiger partial charge is 0.410 e. The van der Waals surface area contributed by atoms with E-state index in [0.29, 0.717) is 24.6 Å². The minimum atomic E-state index is -1.08. The van der Waals surface area contributed by atoms with Crippen molar-refractivity contribution in [3.8, 4) is 11.5 Å². The molecule has 4 amide bonds. The van der Waals surface area contributed by atoms with Crippen molar-refractivity contribution < 1.29 is 47.7 Å². The number of carbonyl (C=O) groups excluding carboxylic acids is 5. The summed E-state index contributed by atoms with van der Waals surface area (Å²) in [6.07, 6.45) is 2.35. The van der Waals surface area contributed by atoms with E-state index >= 15 is 0 Å². The molecule has 14 heteroatoms. The van der Waals surface area contributed by atoms with Crippen molar-refractivity contribution in [2.75, 3.05) is 20.4 Å². The van der Waals surface area contributed by atoms with Crippen LogP contribution in [0.5, 0.6) is 11.5 Å². The third-order valence-corrected chi connectivity index (χ3v) is 9.44. The first kappa shape index (κ1) is 36.1. The van der Waals surface area contributed by atoms with Gasteiger partial charge in [0.1, 0.15) is 29.8 Å². The van der Waals surface area contributed by atoms with E-state index in [1.807, 2.05) is 32.9 Å². The van der Waals surface area contributed by atoms with Crippen LogP contribution in [0.25, 0.3) is 0 Å². The molecule has 0 spiro atoms. The lowest BCUT2D eigenvalue weighted by atomic mass is 9.82. The molecular weight excluding hydrogens is 636 g/mol. The fraction of sp³-hybridized carbons (Fsp3) is 0.686. The molecule has 14 nitrogen and oxygen atoms in total. The Morgan fingerprint density at radius 3 is 2.06 bits per heavy atom. The van der Waals surface area contributed by atoms with Crippen LogP contribution in [-0.4, -0.2) is 90.0 Å². The highest BCUT2D eigenvalue weighted by atomic mass is 16.7. The number of hydrogen-bond acceptors (Lipinski definition) is 10. The number of likely N-dealkylation sites (tertiary alicyclic amines) is 1. The van der Waals surface area contributed by atoms with Gasteiger partial charge in [-0.3, -0.25) is 14.5 Å². The highest BCUT2D eigenvalue weighted by molar-refractivity contribution is 5.94. The SMILES string of the molecule is COC(=O)[C@@H]1C[C@@H](OC(=O)N2Cc3cc4c(cc3C2)OCO4)CN1C(=O)[C@@H](NC(=O)[C@@H](NC(=O)OC(C)(C)C)C1CCCCC1)C(C)(C)C. The molecule has 2 N–H and O–H groups in total. The number of alkyl carbamates (subject to hydrolysis) is 1. The Morgan fingerprint density at radius 2 is 1.51 bits per heavy atom. The minimum Gasteiger partial charge on any atom is -0.467 e. The number of carbonyl (C=O) groups is 5. The summed E-state index contributed by atoms with van der Waals surface area (Å²) in [5.41, 5.74) is 0.296. The summed E-state index contributed by atoms with van der Waals surface area (Å²) in [4.78, 5) is 70.3. The average Bonchev–Trinajstić information content (AvgIpc) is 3.77. The van der Waals surface area contributed by atoms with Crippen molar-refractivity contribution in [3.63, 3.8) is 0 Å². The van der Waals surface area contributed by atoms with E-state index in [4.69, 9.17) is 23.7 Å². The second-order valence-electron chi connectivity index (χ2n) is 15.4. The van der Waals surface area contributed by atoms with Crippen LogP contribution in [0.15, 0.2) is 12.1 Å². The van der Waals surface area contributed by atoms with Crippen molar-refractivity contribution in [2.45, 2.75) is 123 Å². The Kier molecular flexibility index (Phi) is 10.5. The zero-order valence-corrected chi connectivity index (χ0v) is 29.6. The monoisotopic (exact) mass is 686 g/mol. The zero-order chi connectivity index (χ0) is 35.7. The molecule has 3 aliphatic heterocycles. The molecule has 3 heterocycles. The lowest BCUT2D eigenvalue weighted by Crippen LogP contribution is -2.61. The van der Waals surface area contributed by atoms with Gasteiger partial charge in [0.05, 0.1) is 13.7 Å². The second-order valence-corrected chi connectivity index (χ2v) is 15.4. The van der Waals surface area contributed by atoms with Crippen LogP contribution >= 0.6 is 0 Å². The first-order valence-corrected chi connectivity index (χ1v) is 17.1. The van der Waals surface area contributed by atoms with Gasteiger partial charge in [0.2, 0.25) is 18.6 Å². The molecule has 5 rings (SSSR count). The van der Waals surface area contributed by atoms with Gasteiger partial charge < -0.3 is 39.2 Å². The Bertz CT molecular complexity index is 1410. The maximum Gasteiger partial charge on any atom is 0.410 e. The molecule has 49 heavy (non-hydrogen) atoms. The summed E-state index contributed by atoms with van der Waals surface area (Å²) in [7, 11) is 1.23. The summed E-state index contributed by atoms with van der Waals surface area (Å²) in [5.74, 6) is -0.540. The van der Waals surface area contributed by atoms with Crippen molar-refractivity contribution in [3.05, 3.63) is 23.3 Å². The van der Waals surface area contributed by atoms with Crippen LogP contribution < -0.4 is 20.1 Å². The molecular formula is C35H50N4O10. The van der Waals surface area contributed by atoms with E-state index in [9.17, 15) is 24.0 Å². The molecule has 1 aromatic rings. The van der Waals surface area contributed by atoms with Crippen LogP contribution in [0.3, 0.4) is 0 Å². The van der Waals surface area contributed by atoms with Crippen LogP contribution in [0, 0.1) is 11.3 Å². The molecule has 2 fully saturated rings. The molecule has 1 aliphatic carbocycles. The Labute approximate surface area is 287 Å². The maximum absolute atomic E-state index is 14.3. The molecule has 1 saturated heterocycles. The lowest BCUT2D eigenvalue weighted by molar-refractivity contribution is -0.153. The van der Waals surface area contributed by atoms with Crippen LogP contribution in [0.2, 0.25) is 0 Å². The number of amides is 4. The van der Waals surface area contributed by atoms with Gasteiger partial charge in [-0.25, -0.2) is 14.4 Å². The van der Waals surface area contributed by atoms with Crippen molar-refractivity contribution in [1.82, 2.24) is 20.4 Å². The second kappa shape index (κ2) is 14.3. The molecule has 1 saturated carbocycles. The van der Waals surface area contributed by atoms with Gasteiger partial charge in [-0.2, -0.15) is 0 Å². The van der Waals surface area contributed by atoms with Gasteiger partial charge in [-0.05, 0) is 68.2 Å². The first-order valence-electron chi connectivity index (χ1n) is 17.1. The number of benzene rings is 1. The average molecular weight is 687 g/mol. The molecule has 0 unspecified atom stereocenters. The highest BCUT2D eigenvalue weighted by Crippen LogP contribution is 2.38. The summed E-state index contributed by atoms with van der Waals surface area (Å²) in [6.45, 7) is 11.4. The number of nitrogens with zero attached hydrogens (tertiary/aromatic N) is 2. The van der Waals surface area contributed by atoms with E-state index < -0.39 is 65.2 Å². The van der Waals surface area contributed by atoms with E-state index in [0.717, 1.165) is 43.2 Å². The third-order valence-electron chi connectivity index (χ3n) is 9.44. The number of ether oxygens (including phenoxy) is 5. The molecule has 4 aliphatic rings. The first-order chi connectivity index (χ1) is 23.0. The predicted molar refractivity (Wildman–Crippen MR) is 175 cm³/mol. The summed E-state index contributed by atoms with van der Waals surface area (Å²) < 4.78 is 27.3. The minimum absolute atomic E-state index is 0.0383. The van der Waals surface area contributed by atoms with E-state index in [-0.39, 0.29) is 25.7 Å². The van der Waals surface area contributed by atoms with Gasteiger partial charge in [0.25, 0.3) is 0 Å². The highest BCUT2D eigenvalue weighted by Gasteiger charge is 2.48. The molecule has 0 aromatic heterocycles. The van der Waals surface area contributed by atoms with Crippen molar-refractivity contribution >= 4 is 30.0 Å². The summed E-state index contributed by atoms with van der Waals surface area (Å²) in [6, 6.07) is 0.695. The fourth-order valence-corrected chi connectivity index (χ4v) is 6.97. The molecule has 1 aromatic carbocycles. The van der Waals surface area contributed by atoms with Gasteiger partial charge in [0, 0.05) is 19.5 Å². The summed E-state index contributed by atoms with van der Waals surface area (Å²) in [5, 5.41) is 5.69. The molecule has 270 valence electrons. The van der Waals surface area contributed by atoms with Crippen LogP contribution in [0.4, 0.5) is 9.59 Å². The van der Waals surface area contributed by atoms with Gasteiger partial charge in [0.15, 0.2) is 11.5 Å². The van der Waals surface area contributed by atoms with E-state index in [1.165, 1.54) is 12.0 Å². The topological polar surface area (TPSA) is 162 Å². The quantitative estimate of drug-likeness (QED) is 0.317. The fourth-order valence-electron chi connectivity index (χ4n) is 6.97. The molecule has 0 bridgehead atoms. The number of esters is 1. The normalized spacial score (nSPS) is 21.8. The summed E-state index contributed by atoms with van der Waals surface area (Å²) >= 11 is 0. The third kappa shape index (κ3) is 8.50. The van der Waals surface area contributed by atoms with Crippen molar-refractivity contribution in [1.29, 1.82) is 0 Å². The largest absolute Gasteiger partial charge is 0.467 e. The van der Waals surface area contributed by atoms with Gasteiger partial charge in [-0.15, -0.1) is 0 Å². The zero-order valence-electron chi connectivity index (χ0n) is 29.6. The van der Waals surface area contributed by atoms with Crippen LogP contribution in [-0.2, 0) is 41.7 Å². The predicted octanol–water partition coefficient (Wildman–Crippen LogP) is 4.01. The number of methoxy groups -OCH3 is 1. The van der Waals surface area contributed by atoms with Crippen LogP contribution in [0.1, 0.15) is 91.2 Å². The number of hydrogen-bond donors (Lipinski definition) is 2. The molecule has 0 radical (unpaired) electrons. The van der Waals surface area contributed by atoms with Gasteiger partial charge in [-0.1, -0.05) is 40.0 Å². The number of rotatable bonds is 7. The number of nitrogens with one attached hydrogen (secondary N) is 2. The Hall–Kier alpha value is -4.23. The Balaban J connectivity index is 1.29. The Morgan fingerprint density at radius 1 is 0.898 bits per heavy atom. The standard InChI is InChI=1S/C35H50N4O10/c1-34(2,3)28(37-29(40)27(20-11-9-8-10-12-20)36-32(43)49-35(4,5)6)30(41)39-18-23(15-24(39)31(42)45-7)48-33(44)38-16-21-13-25-26(47-19-46-25)14-22(21)17-38/h13-14,20,23-24,27-28H,8-12,15-19H2,1-7H3,(H,36,43)(H,37,40)/t23-,24+,27+,28-/m1/s1. The number of fused-ring (bicyclic) bond motifs is 2. The molecule has 4 atom stereocenters. The van der Waals surface area contributed by atoms with Gasteiger partial charge >= 0.3 is 18.2 Å². The van der Waals surface area contributed by atoms with E-state index in [1.54, 1.807) is 25.7 Å². The van der Waals surface area contributed by atoms with E-state index in [2.05, 4.69) is 10.6 Å². The van der Waals surface area contributed by atoms with Crippen molar-refractivity contribution in [2.24, 2.45) is 11.3 Å².